The van der Waals surface area contributed by atoms with E-state index in [0.29, 0.717) is 12.0 Å². The van der Waals surface area contributed by atoms with Crippen molar-refractivity contribution in [3.05, 3.63) is 52.5 Å². The predicted octanol–water partition coefficient (Wildman–Crippen LogP) is 2.49. The molecule has 4 heterocycles. The maximum absolute atomic E-state index is 12.6. The zero-order chi connectivity index (χ0) is 14.9. The lowest BCUT2D eigenvalue weighted by Crippen LogP contribution is -2.39. The van der Waals surface area contributed by atoms with Gasteiger partial charge in [0.05, 0.1) is 4.88 Å². The van der Waals surface area contributed by atoms with Crippen molar-refractivity contribution < 1.29 is 4.79 Å². The Morgan fingerprint density at radius 2 is 2.14 bits per heavy atom. The summed E-state index contributed by atoms with van der Waals surface area (Å²) in [4.78, 5) is 22.1. The first-order valence-electron chi connectivity index (χ1n) is 7.77. The van der Waals surface area contributed by atoms with E-state index in [-0.39, 0.29) is 5.91 Å². The van der Waals surface area contributed by atoms with Gasteiger partial charge in [-0.1, -0.05) is 6.07 Å². The van der Waals surface area contributed by atoms with Crippen molar-refractivity contribution in [3.63, 3.8) is 0 Å². The first-order chi connectivity index (χ1) is 10.8. The van der Waals surface area contributed by atoms with E-state index in [1.807, 2.05) is 29.9 Å². The first-order valence-corrected chi connectivity index (χ1v) is 8.65. The maximum atomic E-state index is 12.6. The second kappa shape index (κ2) is 5.82. The Bertz CT molecular complexity index is 643. The number of aromatic nitrogens is 1. The van der Waals surface area contributed by atoms with Gasteiger partial charge in [0.15, 0.2) is 0 Å². The van der Waals surface area contributed by atoms with Gasteiger partial charge in [-0.15, -0.1) is 11.3 Å². The minimum Gasteiger partial charge on any atom is -0.333 e. The highest BCUT2D eigenvalue weighted by atomic mass is 32.1. The summed E-state index contributed by atoms with van der Waals surface area (Å²) in [5.41, 5.74) is 1.30. The van der Waals surface area contributed by atoms with Crippen LogP contribution in [-0.4, -0.2) is 46.4 Å². The molecule has 1 amide bonds. The lowest BCUT2D eigenvalue weighted by atomic mass is 10.1. The molecule has 2 fully saturated rings. The quantitative estimate of drug-likeness (QED) is 0.873. The average molecular weight is 313 g/mol. The Hall–Kier alpha value is -1.72. The van der Waals surface area contributed by atoms with Crippen molar-refractivity contribution in [2.75, 3.05) is 19.6 Å². The highest BCUT2D eigenvalue weighted by molar-refractivity contribution is 7.12. The van der Waals surface area contributed by atoms with Crippen LogP contribution >= 0.6 is 11.3 Å². The van der Waals surface area contributed by atoms with Crippen LogP contribution in [0.15, 0.2) is 42.0 Å². The zero-order valence-corrected chi connectivity index (χ0v) is 13.2. The molecule has 0 saturated carbocycles. The second-order valence-electron chi connectivity index (χ2n) is 6.14. The van der Waals surface area contributed by atoms with Crippen molar-refractivity contribution in [3.8, 4) is 0 Å². The van der Waals surface area contributed by atoms with Gasteiger partial charge < -0.3 is 4.90 Å². The number of thiophene rings is 1. The number of fused-ring (bicyclic) bond motifs is 1. The molecule has 114 valence electrons. The molecule has 4 rings (SSSR count). The van der Waals surface area contributed by atoms with Gasteiger partial charge in [0.25, 0.3) is 5.91 Å². The number of likely N-dealkylation sites (tertiary alicyclic amines) is 2. The van der Waals surface area contributed by atoms with Crippen LogP contribution in [0.1, 0.15) is 21.7 Å². The van der Waals surface area contributed by atoms with Crippen LogP contribution in [0.5, 0.6) is 0 Å². The third kappa shape index (κ3) is 2.55. The minimum absolute atomic E-state index is 0.216. The summed E-state index contributed by atoms with van der Waals surface area (Å²) < 4.78 is 0. The monoisotopic (exact) mass is 313 g/mol. The molecule has 0 spiro atoms. The van der Waals surface area contributed by atoms with Gasteiger partial charge in [-0.2, -0.15) is 0 Å². The van der Waals surface area contributed by atoms with Gasteiger partial charge in [0.2, 0.25) is 0 Å². The van der Waals surface area contributed by atoms with Gasteiger partial charge in [-0.25, -0.2) is 0 Å². The summed E-state index contributed by atoms with van der Waals surface area (Å²) in [5, 5.41) is 1.98. The fraction of sp³-hybridized carbons (Fsp3) is 0.412. The summed E-state index contributed by atoms with van der Waals surface area (Å²) in [6.07, 6.45) is 4.83. The third-order valence-corrected chi connectivity index (χ3v) is 5.63. The molecule has 4 nitrogen and oxygen atoms in total. The maximum Gasteiger partial charge on any atom is 0.264 e. The van der Waals surface area contributed by atoms with E-state index < -0.39 is 0 Å². The van der Waals surface area contributed by atoms with E-state index in [1.54, 1.807) is 11.3 Å². The smallest absolute Gasteiger partial charge is 0.264 e. The Morgan fingerprint density at radius 1 is 1.27 bits per heavy atom. The molecule has 2 aliphatic rings. The van der Waals surface area contributed by atoms with Crippen molar-refractivity contribution in [1.29, 1.82) is 0 Å². The van der Waals surface area contributed by atoms with Crippen molar-refractivity contribution in [2.24, 2.45) is 5.92 Å². The lowest BCUT2D eigenvalue weighted by molar-refractivity contribution is 0.0731. The molecule has 2 saturated heterocycles. The number of rotatable bonds is 3. The van der Waals surface area contributed by atoms with Crippen LogP contribution < -0.4 is 0 Å². The summed E-state index contributed by atoms with van der Waals surface area (Å²) >= 11 is 1.54. The number of pyridine rings is 1. The molecule has 0 radical (unpaired) electrons. The molecule has 2 aliphatic heterocycles. The predicted molar refractivity (Wildman–Crippen MR) is 86.8 cm³/mol. The van der Waals surface area contributed by atoms with Crippen molar-refractivity contribution in [1.82, 2.24) is 14.8 Å². The number of carbonyl (C=O) groups is 1. The van der Waals surface area contributed by atoms with Crippen LogP contribution in [0.2, 0.25) is 0 Å². The van der Waals surface area contributed by atoms with E-state index in [9.17, 15) is 4.79 Å². The summed E-state index contributed by atoms with van der Waals surface area (Å²) in [7, 11) is 0. The van der Waals surface area contributed by atoms with E-state index in [4.69, 9.17) is 0 Å². The molecule has 0 N–H and O–H groups in total. The number of carbonyl (C=O) groups excluding carboxylic acids is 1. The largest absolute Gasteiger partial charge is 0.333 e. The van der Waals surface area contributed by atoms with Crippen molar-refractivity contribution >= 4 is 17.2 Å². The normalized spacial score (nSPS) is 24.6. The zero-order valence-electron chi connectivity index (χ0n) is 12.4. The number of amides is 1. The Kier molecular flexibility index (Phi) is 3.68. The van der Waals surface area contributed by atoms with Crippen LogP contribution in [0.25, 0.3) is 0 Å². The van der Waals surface area contributed by atoms with E-state index in [2.05, 4.69) is 26.9 Å². The summed E-state index contributed by atoms with van der Waals surface area (Å²) in [6.45, 7) is 3.96. The van der Waals surface area contributed by atoms with Crippen molar-refractivity contribution in [2.45, 2.75) is 19.0 Å². The molecule has 2 aromatic heterocycles. The van der Waals surface area contributed by atoms with Gasteiger partial charge in [-0.3, -0.25) is 14.7 Å². The first kappa shape index (κ1) is 13.9. The molecule has 2 aromatic rings. The Labute approximate surface area is 134 Å². The van der Waals surface area contributed by atoms with E-state index in [1.165, 1.54) is 5.56 Å². The third-order valence-electron chi connectivity index (χ3n) is 4.77. The topological polar surface area (TPSA) is 36.4 Å². The standard InChI is InChI=1S/C17H19N3OS/c21-17(16-2-1-9-22-16)20-8-5-14-11-19(12-15(14)20)10-13-3-6-18-7-4-13/h1-4,6-7,9,14-15H,5,8,10-12H2/t14-,15-/m0/s1. The van der Waals surface area contributed by atoms with Crippen LogP contribution in [0.3, 0.4) is 0 Å². The van der Waals surface area contributed by atoms with E-state index in [0.717, 1.165) is 37.5 Å². The minimum atomic E-state index is 0.216. The molecular formula is C17H19N3OS. The van der Waals surface area contributed by atoms with Gasteiger partial charge in [0, 0.05) is 44.6 Å². The second-order valence-corrected chi connectivity index (χ2v) is 7.09. The van der Waals surface area contributed by atoms with Gasteiger partial charge >= 0.3 is 0 Å². The average Bonchev–Trinajstić information content (AvgIpc) is 3.24. The van der Waals surface area contributed by atoms with Gasteiger partial charge in [0.1, 0.15) is 0 Å². The van der Waals surface area contributed by atoms with Crippen LogP contribution in [0.4, 0.5) is 0 Å². The van der Waals surface area contributed by atoms with Gasteiger partial charge in [-0.05, 0) is 41.5 Å². The number of hydrogen-bond donors (Lipinski definition) is 0. The highest BCUT2D eigenvalue weighted by Gasteiger charge is 2.43. The molecule has 0 aromatic carbocycles. The summed E-state index contributed by atoms with van der Waals surface area (Å²) in [6, 6.07) is 8.42. The van der Waals surface area contributed by atoms with Crippen LogP contribution in [-0.2, 0) is 6.54 Å². The molecular weight excluding hydrogens is 294 g/mol. The lowest BCUT2D eigenvalue weighted by Gasteiger charge is -2.24. The Morgan fingerprint density at radius 3 is 2.91 bits per heavy atom. The fourth-order valence-electron chi connectivity index (χ4n) is 3.72. The highest BCUT2D eigenvalue weighted by Crippen LogP contribution is 2.33. The SMILES string of the molecule is O=C(c1cccs1)N1CC[C@H]2CN(Cc3ccncc3)C[C@@H]21. The Balaban J connectivity index is 1.44. The number of nitrogens with zero attached hydrogens (tertiary/aromatic N) is 3. The molecule has 0 aliphatic carbocycles. The van der Waals surface area contributed by atoms with E-state index >= 15 is 0 Å². The molecule has 0 unspecified atom stereocenters. The number of hydrogen-bond acceptors (Lipinski definition) is 4. The van der Waals surface area contributed by atoms with Crippen LogP contribution in [0, 0.1) is 5.92 Å². The molecule has 5 heteroatoms. The summed E-state index contributed by atoms with van der Waals surface area (Å²) in [5.74, 6) is 0.846. The molecule has 22 heavy (non-hydrogen) atoms. The fourth-order valence-corrected chi connectivity index (χ4v) is 4.40. The molecule has 0 bridgehead atoms. The molecule has 2 atom stereocenters.